The number of hydrazone groups is 1. The third-order valence-electron chi connectivity index (χ3n) is 4.64. The molecule has 0 fully saturated rings. The van der Waals surface area contributed by atoms with Crippen LogP contribution in [0.4, 0.5) is 30.6 Å². The zero-order valence-electron chi connectivity index (χ0n) is 20.3. The molecule has 0 aliphatic carbocycles. The van der Waals surface area contributed by atoms with Crippen molar-refractivity contribution in [2.45, 2.75) is 26.7 Å². The first-order valence-corrected chi connectivity index (χ1v) is 13.3. The lowest BCUT2D eigenvalue weighted by molar-refractivity contribution is -0.107. The Hall–Kier alpha value is -3.22. The summed E-state index contributed by atoms with van der Waals surface area (Å²) in [7, 11) is -0.261. The van der Waals surface area contributed by atoms with Crippen LogP contribution < -0.4 is 20.4 Å². The van der Waals surface area contributed by atoms with Crippen LogP contribution in [0.1, 0.15) is 32.3 Å². The number of allylic oxidation sites excluding steroid dienone is 1. The van der Waals surface area contributed by atoms with Gasteiger partial charge in [-0.3, -0.25) is 9.52 Å². The van der Waals surface area contributed by atoms with Crippen LogP contribution in [0.25, 0.3) is 0 Å². The molecule has 2 rings (SSSR count). The molecule has 0 bridgehead atoms. The van der Waals surface area contributed by atoms with Gasteiger partial charge in [-0.15, -0.1) is 0 Å². The van der Waals surface area contributed by atoms with Crippen molar-refractivity contribution < 1.29 is 22.6 Å². The fraction of sp³-hybridized carbons (Fsp3) is 0.208. The van der Waals surface area contributed by atoms with Gasteiger partial charge in [0.05, 0.1) is 14.3 Å². The topological polar surface area (TPSA) is 103 Å². The highest BCUT2D eigenvalue weighted by Gasteiger charge is 2.20. The number of rotatable bonds is 12. The van der Waals surface area contributed by atoms with Gasteiger partial charge in [0.1, 0.15) is 5.69 Å². The van der Waals surface area contributed by atoms with Crippen LogP contribution in [0.15, 0.2) is 62.8 Å². The van der Waals surface area contributed by atoms with Gasteiger partial charge >= 0.3 is 6.03 Å². The summed E-state index contributed by atoms with van der Waals surface area (Å²) in [6.45, 7) is 7.24. The molecule has 0 spiro atoms. The number of urea groups is 1. The third kappa shape index (κ3) is 8.69. The van der Waals surface area contributed by atoms with Crippen molar-refractivity contribution in [1.82, 2.24) is 4.72 Å². The normalized spacial score (nSPS) is 12.5. The number of thioether (sulfide) groups is 1. The first-order chi connectivity index (χ1) is 17.6. The Balaban J connectivity index is 2.20. The fourth-order valence-electron chi connectivity index (χ4n) is 2.92. The number of anilines is 3. The summed E-state index contributed by atoms with van der Waals surface area (Å²) in [6.07, 6.45) is 2.90. The summed E-state index contributed by atoms with van der Waals surface area (Å²) in [4.78, 5) is 23.9. The molecule has 13 heteroatoms. The smallest absolute Gasteiger partial charge is 0.331 e. The number of hydrogen-bond donors (Lipinski definition) is 3. The van der Waals surface area contributed by atoms with Crippen molar-refractivity contribution in [3.63, 3.8) is 0 Å². The molecule has 198 valence electrons. The largest absolute Gasteiger partial charge is 0.388 e. The molecule has 0 saturated heterocycles. The number of carbonyl (C=O) groups excluding carboxylic acids is 2. The zero-order valence-corrected chi connectivity index (χ0v) is 22.7. The minimum absolute atomic E-state index is 0.0596. The van der Waals surface area contributed by atoms with E-state index in [9.17, 15) is 22.6 Å². The lowest BCUT2D eigenvalue weighted by Gasteiger charge is -2.17. The van der Waals surface area contributed by atoms with Crippen molar-refractivity contribution in [3.05, 3.63) is 74.9 Å². The lowest BCUT2D eigenvalue weighted by atomic mass is 10.1. The van der Waals surface area contributed by atoms with E-state index in [1.807, 2.05) is 6.92 Å². The highest BCUT2D eigenvalue weighted by molar-refractivity contribution is 8.19. The lowest BCUT2D eigenvalue weighted by Crippen LogP contribution is -2.30. The molecule has 37 heavy (non-hydrogen) atoms. The maximum absolute atomic E-state index is 14.9. The van der Waals surface area contributed by atoms with Gasteiger partial charge in [0.15, 0.2) is 22.6 Å². The molecule has 1 unspecified atom stereocenters. The molecule has 2 aromatic rings. The highest BCUT2D eigenvalue weighted by atomic mass is 35.5. The van der Waals surface area contributed by atoms with Crippen LogP contribution in [0, 0.1) is 11.6 Å². The van der Waals surface area contributed by atoms with E-state index in [-0.39, 0.29) is 16.3 Å². The fourth-order valence-corrected chi connectivity index (χ4v) is 4.99. The number of carbonyl (C=O) groups is 2. The van der Waals surface area contributed by atoms with E-state index in [1.54, 1.807) is 44.3 Å². The molecule has 3 amide bonds. The molecule has 0 aliphatic rings. The molecular formula is C24H26ClF2N5O3S2. The minimum atomic E-state index is -2.03. The van der Waals surface area contributed by atoms with Crippen molar-refractivity contribution in [3.8, 4) is 0 Å². The molecule has 0 radical (unpaired) electrons. The van der Waals surface area contributed by atoms with Crippen LogP contribution in [0.2, 0.25) is 0 Å². The van der Waals surface area contributed by atoms with E-state index in [4.69, 9.17) is 11.6 Å². The second-order valence-corrected chi connectivity index (χ2v) is 10.4. The van der Waals surface area contributed by atoms with Gasteiger partial charge in [-0.05, 0) is 42.7 Å². The van der Waals surface area contributed by atoms with E-state index in [0.29, 0.717) is 33.5 Å². The summed E-state index contributed by atoms with van der Waals surface area (Å²) >= 11 is 6.85. The Morgan fingerprint density at radius 3 is 2.32 bits per heavy atom. The third-order valence-corrected chi connectivity index (χ3v) is 7.11. The number of nitrogens with zero attached hydrogens (tertiary/aromatic N) is 2. The van der Waals surface area contributed by atoms with Crippen LogP contribution in [-0.4, -0.2) is 29.4 Å². The molecule has 0 saturated carbocycles. The van der Waals surface area contributed by atoms with E-state index in [0.717, 1.165) is 29.6 Å². The van der Waals surface area contributed by atoms with E-state index in [1.165, 1.54) is 0 Å². The maximum Gasteiger partial charge on any atom is 0.331 e. The monoisotopic (exact) mass is 569 g/mol. The molecule has 0 heterocycles. The van der Waals surface area contributed by atoms with Crippen LogP contribution >= 0.6 is 23.4 Å². The van der Waals surface area contributed by atoms with Crippen molar-refractivity contribution in [1.29, 1.82) is 0 Å². The molecule has 3 N–H and O–H groups in total. The van der Waals surface area contributed by atoms with E-state index >= 15 is 0 Å². The molecule has 1 atom stereocenters. The van der Waals surface area contributed by atoms with Gasteiger partial charge in [0.25, 0.3) is 0 Å². The van der Waals surface area contributed by atoms with Crippen LogP contribution in [0.3, 0.4) is 0 Å². The number of benzene rings is 2. The summed E-state index contributed by atoms with van der Waals surface area (Å²) in [5, 5.41) is 9.86. The van der Waals surface area contributed by atoms with Crippen molar-refractivity contribution in [2.24, 2.45) is 5.10 Å². The predicted molar refractivity (Wildman–Crippen MR) is 149 cm³/mol. The first-order valence-electron chi connectivity index (χ1n) is 10.9. The number of amides is 3. The standard InChI is InChI=1S/C24H26ClF2N5O3S2/c1-5-7-22(25)36-15(3)37(35)31-24(34)29-18-12-19(26)23(20(27)13-18)32(14-33)30-21(6-2)16-8-10-17(28-4)11-9-16/h7-14,28H,3,5-6H2,1-2,4H3,(H2,29,31,34)/b22-7-,30-21+. The average Bonchev–Trinajstić information content (AvgIpc) is 2.85. The Morgan fingerprint density at radius 2 is 1.81 bits per heavy atom. The van der Waals surface area contributed by atoms with Crippen LogP contribution in [0.5, 0.6) is 0 Å². The Bertz CT molecular complexity index is 1220. The zero-order chi connectivity index (χ0) is 27.5. The van der Waals surface area contributed by atoms with Gasteiger partial charge in [0.2, 0.25) is 6.41 Å². The van der Waals surface area contributed by atoms with Gasteiger partial charge in [-0.25, -0.2) is 17.8 Å². The average molecular weight is 570 g/mol. The van der Waals surface area contributed by atoms with Gasteiger partial charge in [-0.2, -0.15) is 10.1 Å². The van der Waals surface area contributed by atoms with Gasteiger partial charge in [-0.1, -0.05) is 62.0 Å². The maximum atomic E-state index is 14.9. The summed E-state index contributed by atoms with van der Waals surface area (Å²) < 4.78 is 44.4. The van der Waals surface area contributed by atoms with Gasteiger partial charge < -0.3 is 10.6 Å². The number of halogens is 3. The first kappa shape index (κ1) is 30.0. The van der Waals surface area contributed by atoms with Crippen molar-refractivity contribution in [2.75, 3.05) is 22.7 Å². The highest BCUT2D eigenvalue weighted by Crippen LogP contribution is 2.30. The summed E-state index contributed by atoms with van der Waals surface area (Å²) in [5.41, 5.74) is 0.959. The molecule has 8 nitrogen and oxygen atoms in total. The van der Waals surface area contributed by atoms with Crippen LogP contribution in [-0.2, 0) is 15.8 Å². The Kier molecular flexibility index (Phi) is 11.8. The Labute approximate surface area is 225 Å². The Morgan fingerprint density at radius 1 is 1.19 bits per heavy atom. The van der Waals surface area contributed by atoms with Crippen molar-refractivity contribution >= 4 is 69.6 Å². The van der Waals surface area contributed by atoms with Gasteiger partial charge in [0, 0.05) is 18.4 Å². The molecule has 0 aliphatic heterocycles. The second-order valence-electron chi connectivity index (χ2n) is 7.18. The minimum Gasteiger partial charge on any atom is -0.388 e. The quantitative estimate of drug-likeness (QED) is 0.159. The molecular weight excluding hydrogens is 544 g/mol. The summed E-state index contributed by atoms with van der Waals surface area (Å²) in [5.74, 6) is -2.30. The van der Waals surface area contributed by atoms with E-state index in [2.05, 4.69) is 27.0 Å². The molecule has 0 aromatic heterocycles. The second kappa shape index (κ2) is 14.5. The molecule has 2 aromatic carbocycles. The summed E-state index contributed by atoms with van der Waals surface area (Å²) in [6, 6.07) is 7.76. The predicted octanol–water partition coefficient (Wildman–Crippen LogP) is 6.26. The van der Waals surface area contributed by atoms with E-state index < -0.39 is 34.3 Å². The SMILES string of the molecule is C=C(S/C(Cl)=C\CC)S(=O)NC(=O)Nc1cc(F)c(N(C=O)/N=C(\CC)c2ccc(NC)cc2)c(F)c1. The number of hydrogen-bond acceptors (Lipinski definition) is 6. The number of nitrogens with one attached hydrogen (secondary N) is 3.